The zero-order valence-corrected chi connectivity index (χ0v) is 16.4. The van der Waals surface area contributed by atoms with Crippen molar-refractivity contribution < 1.29 is 4.52 Å². The summed E-state index contributed by atoms with van der Waals surface area (Å²) in [6.45, 7) is 11.9. The SMILES string of the molecule is CCc1noc(CC)c1CNC(=NC)NCCCN1CCCC(C)C1. The summed E-state index contributed by atoms with van der Waals surface area (Å²) in [5, 5.41) is 11.0. The molecular formula is C19H35N5O. The Morgan fingerprint density at radius 3 is 2.84 bits per heavy atom. The van der Waals surface area contributed by atoms with Crippen LogP contribution in [0.3, 0.4) is 0 Å². The Morgan fingerprint density at radius 1 is 1.32 bits per heavy atom. The van der Waals surface area contributed by atoms with E-state index in [0.717, 1.165) is 49.1 Å². The zero-order chi connectivity index (χ0) is 18.1. The molecule has 1 unspecified atom stereocenters. The minimum absolute atomic E-state index is 0.707. The van der Waals surface area contributed by atoms with Crippen LogP contribution in [0.25, 0.3) is 0 Å². The van der Waals surface area contributed by atoms with E-state index in [1.807, 2.05) is 7.05 Å². The third kappa shape index (κ3) is 6.03. The maximum absolute atomic E-state index is 5.42. The lowest BCUT2D eigenvalue weighted by atomic mass is 10.0. The number of piperidine rings is 1. The molecule has 0 aliphatic carbocycles. The Bertz CT molecular complexity index is 518. The number of nitrogens with zero attached hydrogens (tertiary/aromatic N) is 3. The molecule has 6 nitrogen and oxygen atoms in total. The molecule has 1 aromatic rings. The van der Waals surface area contributed by atoms with Crippen molar-refractivity contribution in [3.63, 3.8) is 0 Å². The van der Waals surface area contributed by atoms with Crippen LogP contribution >= 0.6 is 0 Å². The van der Waals surface area contributed by atoms with Gasteiger partial charge in [0.25, 0.3) is 0 Å². The fourth-order valence-electron chi connectivity index (χ4n) is 3.53. The van der Waals surface area contributed by atoms with Gasteiger partial charge in [-0.05, 0) is 44.7 Å². The first kappa shape index (κ1) is 19.8. The Balaban J connectivity index is 1.71. The average molecular weight is 350 g/mol. The number of rotatable bonds is 8. The van der Waals surface area contributed by atoms with Crippen molar-refractivity contribution in [1.82, 2.24) is 20.7 Å². The second-order valence-corrected chi connectivity index (χ2v) is 6.99. The fraction of sp³-hybridized carbons (Fsp3) is 0.789. The Labute approximate surface area is 152 Å². The number of hydrogen-bond acceptors (Lipinski definition) is 4. The van der Waals surface area contributed by atoms with Crippen LogP contribution in [-0.2, 0) is 19.4 Å². The molecule has 0 spiro atoms. The summed E-state index contributed by atoms with van der Waals surface area (Å²) in [5.74, 6) is 2.66. The quantitative estimate of drug-likeness (QED) is 0.429. The van der Waals surface area contributed by atoms with Gasteiger partial charge in [-0.25, -0.2) is 0 Å². The number of likely N-dealkylation sites (tertiary alicyclic amines) is 1. The van der Waals surface area contributed by atoms with E-state index < -0.39 is 0 Å². The largest absolute Gasteiger partial charge is 0.361 e. The fourth-order valence-corrected chi connectivity index (χ4v) is 3.53. The molecule has 1 atom stereocenters. The Kier molecular flexibility index (Phi) is 8.25. The summed E-state index contributed by atoms with van der Waals surface area (Å²) in [4.78, 5) is 6.91. The van der Waals surface area contributed by atoms with Gasteiger partial charge >= 0.3 is 0 Å². The summed E-state index contributed by atoms with van der Waals surface area (Å²) in [6.07, 6.45) is 5.62. The monoisotopic (exact) mass is 349 g/mol. The van der Waals surface area contributed by atoms with Crippen molar-refractivity contribution in [3.8, 4) is 0 Å². The second kappa shape index (κ2) is 10.4. The lowest BCUT2D eigenvalue weighted by Gasteiger charge is -2.30. The minimum Gasteiger partial charge on any atom is -0.361 e. The molecule has 1 aliphatic heterocycles. The molecule has 1 aliphatic rings. The lowest BCUT2D eigenvalue weighted by molar-refractivity contribution is 0.182. The summed E-state index contributed by atoms with van der Waals surface area (Å²) < 4.78 is 5.42. The van der Waals surface area contributed by atoms with Gasteiger partial charge in [-0.3, -0.25) is 4.99 Å². The van der Waals surface area contributed by atoms with Crippen molar-refractivity contribution in [3.05, 3.63) is 17.0 Å². The van der Waals surface area contributed by atoms with Gasteiger partial charge < -0.3 is 20.1 Å². The predicted molar refractivity (Wildman–Crippen MR) is 103 cm³/mol. The maximum Gasteiger partial charge on any atom is 0.191 e. The molecule has 0 bridgehead atoms. The molecule has 0 aromatic carbocycles. The highest BCUT2D eigenvalue weighted by molar-refractivity contribution is 5.79. The predicted octanol–water partition coefficient (Wildman–Crippen LogP) is 2.59. The standard InChI is InChI=1S/C19H35N5O/c1-5-17-16(18(6-2)25-23-17)13-22-19(20-4)21-10-8-12-24-11-7-9-15(3)14-24/h15H,5-14H2,1-4H3,(H2,20,21,22). The minimum atomic E-state index is 0.707. The van der Waals surface area contributed by atoms with Gasteiger partial charge in [0.1, 0.15) is 5.76 Å². The molecule has 0 radical (unpaired) electrons. The second-order valence-electron chi connectivity index (χ2n) is 6.99. The first-order chi connectivity index (χ1) is 12.2. The highest BCUT2D eigenvalue weighted by atomic mass is 16.5. The van der Waals surface area contributed by atoms with Crippen LogP contribution in [0.4, 0.5) is 0 Å². The Morgan fingerprint density at radius 2 is 2.16 bits per heavy atom. The highest BCUT2D eigenvalue weighted by Gasteiger charge is 2.16. The molecule has 0 amide bonds. The van der Waals surface area contributed by atoms with Crippen molar-refractivity contribution >= 4 is 5.96 Å². The number of nitrogens with one attached hydrogen (secondary N) is 2. The van der Waals surface area contributed by atoms with E-state index in [0.29, 0.717) is 6.54 Å². The van der Waals surface area contributed by atoms with E-state index in [1.165, 1.54) is 38.0 Å². The molecule has 142 valence electrons. The summed E-state index contributed by atoms with van der Waals surface area (Å²) in [6, 6.07) is 0. The van der Waals surface area contributed by atoms with Crippen LogP contribution in [0.5, 0.6) is 0 Å². The van der Waals surface area contributed by atoms with Crippen LogP contribution in [0, 0.1) is 5.92 Å². The van der Waals surface area contributed by atoms with Crippen LogP contribution in [0.1, 0.15) is 57.1 Å². The molecular weight excluding hydrogens is 314 g/mol. The number of aliphatic imine (C=N–C) groups is 1. The number of aryl methyl sites for hydroxylation is 2. The molecule has 1 saturated heterocycles. The van der Waals surface area contributed by atoms with Gasteiger partial charge in [0, 0.05) is 38.7 Å². The molecule has 25 heavy (non-hydrogen) atoms. The third-order valence-electron chi connectivity index (χ3n) is 4.95. The van der Waals surface area contributed by atoms with Crippen molar-refractivity contribution in [2.75, 3.05) is 33.2 Å². The molecule has 1 fully saturated rings. The summed E-state index contributed by atoms with van der Waals surface area (Å²) >= 11 is 0. The van der Waals surface area contributed by atoms with E-state index in [9.17, 15) is 0 Å². The molecule has 1 aromatic heterocycles. The van der Waals surface area contributed by atoms with E-state index in [4.69, 9.17) is 4.52 Å². The summed E-state index contributed by atoms with van der Waals surface area (Å²) in [7, 11) is 1.82. The molecule has 2 N–H and O–H groups in total. The third-order valence-corrected chi connectivity index (χ3v) is 4.95. The maximum atomic E-state index is 5.42. The van der Waals surface area contributed by atoms with Crippen molar-refractivity contribution in [2.45, 2.75) is 59.4 Å². The average Bonchev–Trinajstić information content (AvgIpc) is 3.03. The number of guanidine groups is 1. The summed E-state index contributed by atoms with van der Waals surface area (Å²) in [5.41, 5.74) is 2.22. The molecule has 2 heterocycles. The smallest absolute Gasteiger partial charge is 0.191 e. The van der Waals surface area contributed by atoms with Crippen LogP contribution in [0.15, 0.2) is 9.52 Å². The topological polar surface area (TPSA) is 65.7 Å². The van der Waals surface area contributed by atoms with E-state index >= 15 is 0 Å². The highest BCUT2D eigenvalue weighted by Crippen LogP contribution is 2.16. The van der Waals surface area contributed by atoms with Gasteiger partial charge in [-0.1, -0.05) is 25.9 Å². The molecule has 0 saturated carbocycles. The van der Waals surface area contributed by atoms with E-state index in [1.54, 1.807) is 0 Å². The zero-order valence-electron chi connectivity index (χ0n) is 16.4. The first-order valence-corrected chi connectivity index (χ1v) is 9.81. The van der Waals surface area contributed by atoms with E-state index in [2.05, 4.69) is 46.5 Å². The Hall–Kier alpha value is -1.56. The van der Waals surface area contributed by atoms with Gasteiger partial charge in [-0.2, -0.15) is 0 Å². The lowest BCUT2D eigenvalue weighted by Crippen LogP contribution is -2.40. The first-order valence-electron chi connectivity index (χ1n) is 9.81. The molecule has 6 heteroatoms. The van der Waals surface area contributed by atoms with Gasteiger partial charge in [0.15, 0.2) is 5.96 Å². The van der Waals surface area contributed by atoms with Crippen LogP contribution < -0.4 is 10.6 Å². The van der Waals surface area contributed by atoms with Gasteiger partial charge in [0.05, 0.1) is 5.69 Å². The van der Waals surface area contributed by atoms with Gasteiger partial charge in [-0.15, -0.1) is 0 Å². The molecule has 2 rings (SSSR count). The number of hydrogen-bond donors (Lipinski definition) is 2. The van der Waals surface area contributed by atoms with Crippen LogP contribution in [0.2, 0.25) is 0 Å². The van der Waals surface area contributed by atoms with Crippen molar-refractivity contribution in [1.29, 1.82) is 0 Å². The number of aromatic nitrogens is 1. The van der Waals surface area contributed by atoms with Crippen LogP contribution in [-0.4, -0.2) is 49.2 Å². The normalized spacial score (nSPS) is 19.2. The van der Waals surface area contributed by atoms with Gasteiger partial charge in [0.2, 0.25) is 0 Å². The van der Waals surface area contributed by atoms with Crippen molar-refractivity contribution in [2.24, 2.45) is 10.9 Å². The van der Waals surface area contributed by atoms with E-state index in [-0.39, 0.29) is 0 Å².